The first kappa shape index (κ1) is 18.1. The molecule has 1 heterocycles. The van der Waals surface area contributed by atoms with Gasteiger partial charge in [0, 0.05) is 18.3 Å². The third-order valence-electron chi connectivity index (χ3n) is 4.85. The maximum Gasteiger partial charge on any atom is 0.316 e. The van der Waals surface area contributed by atoms with Crippen LogP contribution < -0.4 is 5.32 Å². The van der Waals surface area contributed by atoms with E-state index >= 15 is 0 Å². The van der Waals surface area contributed by atoms with E-state index in [1.165, 1.54) is 16.8 Å². The van der Waals surface area contributed by atoms with E-state index in [4.69, 9.17) is 0 Å². The fraction of sp³-hybridized carbons (Fsp3) is 0.421. The average molecular weight is 359 g/mol. The Labute approximate surface area is 151 Å². The van der Waals surface area contributed by atoms with Crippen molar-refractivity contribution in [2.24, 2.45) is 11.8 Å². The second-order valence-corrected chi connectivity index (χ2v) is 6.70. The molecule has 0 aliphatic heterocycles. The molecule has 0 bridgehead atoms. The Balaban J connectivity index is 1.62. The molecular weight excluding hydrogens is 337 g/mol. The van der Waals surface area contributed by atoms with Crippen LogP contribution in [-0.2, 0) is 16.1 Å². The van der Waals surface area contributed by atoms with Gasteiger partial charge in [0.1, 0.15) is 11.7 Å². The molecule has 0 radical (unpaired) electrons. The molecule has 7 heteroatoms. The lowest BCUT2D eigenvalue weighted by atomic mass is 9.79. The zero-order valence-electron chi connectivity index (χ0n) is 14.4. The molecular formula is C19H22FN3O3. The monoisotopic (exact) mass is 359 g/mol. The fourth-order valence-corrected chi connectivity index (χ4v) is 3.51. The first-order valence-electron chi connectivity index (χ1n) is 8.84. The summed E-state index contributed by atoms with van der Waals surface area (Å²) in [5, 5.41) is 16.3. The maximum atomic E-state index is 13.3. The predicted octanol–water partition coefficient (Wildman–Crippen LogP) is 2.91. The lowest BCUT2D eigenvalue weighted by molar-refractivity contribution is -0.150. The molecule has 0 saturated heterocycles. The van der Waals surface area contributed by atoms with Crippen LogP contribution in [0.3, 0.4) is 0 Å². The molecule has 2 N–H and O–H groups in total. The molecule has 1 aliphatic carbocycles. The van der Waals surface area contributed by atoms with Crippen molar-refractivity contribution in [3.63, 3.8) is 0 Å². The van der Waals surface area contributed by atoms with Crippen LogP contribution in [0.1, 0.15) is 37.7 Å². The van der Waals surface area contributed by atoms with Crippen LogP contribution in [-0.4, -0.2) is 26.8 Å². The number of benzene rings is 1. The van der Waals surface area contributed by atoms with Gasteiger partial charge in [-0.2, -0.15) is 5.10 Å². The Morgan fingerprint density at radius 1 is 1.31 bits per heavy atom. The van der Waals surface area contributed by atoms with E-state index in [0.29, 0.717) is 5.69 Å². The highest BCUT2D eigenvalue weighted by Gasteiger charge is 2.35. The smallest absolute Gasteiger partial charge is 0.316 e. The van der Waals surface area contributed by atoms with Crippen molar-refractivity contribution < 1.29 is 19.1 Å². The number of halogens is 1. The van der Waals surface area contributed by atoms with Crippen molar-refractivity contribution in [1.29, 1.82) is 0 Å². The number of aromatic nitrogens is 2. The van der Waals surface area contributed by atoms with Crippen molar-refractivity contribution >= 4 is 11.9 Å². The van der Waals surface area contributed by atoms with E-state index in [-0.39, 0.29) is 18.3 Å². The van der Waals surface area contributed by atoms with E-state index in [9.17, 15) is 19.1 Å². The number of carbonyl (C=O) groups is 2. The number of carbonyl (C=O) groups excluding carboxylic acids is 1. The minimum atomic E-state index is -1.06. The average Bonchev–Trinajstić information content (AvgIpc) is 3.10. The van der Waals surface area contributed by atoms with Gasteiger partial charge in [-0.25, -0.2) is 9.07 Å². The predicted molar refractivity (Wildman–Crippen MR) is 93.1 cm³/mol. The van der Waals surface area contributed by atoms with Crippen LogP contribution in [0.2, 0.25) is 0 Å². The lowest BCUT2D eigenvalue weighted by Gasteiger charge is -2.26. The summed E-state index contributed by atoms with van der Waals surface area (Å²) in [6.07, 6.45) is 7.87. The van der Waals surface area contributed by atoms with Crippen molar-refractivity contribution in [2.45, 2.75) is 38.6 Å². The second-order valence-electron chi connectivity index (χ2n) is 6.70. The number of rotatable bonds is 6. The van der Waals surface area contributed by atoms with E-state index in [1.807, 2.05) is 0 Å². The largest absolute Gasteiger partial charge is 0.481 e. The summed E-state index contributed by atoms with van der Waals surface area (Å²) < 4.78 is 14.8. The van der Waals surface area contributed by atoms with Crippen molar-refractivity contribution in [3.05, 3.63) is 48.0 Å². The lowest BCUT2D eigenvalue weighted by Crippen LogP contribution is -2.40. The number of nitrogens with one attached hydrogen (secondary N) is 1. The molecule has 26 heavy (non-hydrogen) atoms. The number of hydrogen-bond donors (Lipinski definition) is 2. The summed E-state index contributed by atoms with van der Waals surface area (Å²) in [7, 11) is 0. The summed E-state index contributed by atoms with van der Waals surface area (Å²) >= 11 is 0. The first-order valence-corrected chi connectivity index (χ1v) is 8.84. The van der Waals surface area contributed by atoms with Crippen LogP contribution in [0.15, 0.2) is 36.7 Å². The summed E-state index contributed by atoms with van der Waals surface area (Å²) in [6.45, 7) is 0.185. The van der Waals surface area contributed by atoms with Gasteiger partial charge >= 0.3 is 5.97 Å². The number of amides is 1. The molecule has 138 valence electrons. The van der Waals surface area contributed by atoms with Crippen molar-refractivity contribution in [3.8, 4) is 5.69 Å². The Hall–Kier alpha value is -2.70. The van der Waals surface area contributed by atoms with Gasteiger partial charge in [-0.15, -0.1) is 0 Å². The van der Waals surface area contributed by atoms with Gasteiger partial charge in [0.2, 0.25) is 5.91 Å². The molecule has 1 aliphatic rings. The summed E-state index contributed by atoms with van der Waals surface area (Å²) in [5.41, 5.74) is 1.29. The highest BCUT2D eigenvalue weighted by molar-refractivity contribution is 5.97. The molecule has 0 spiro atoms. The Morgan fingerprint density at radius 3 is 2.77 bits per heavy atom. The van der Waals surface area contributed by atoms with Gasteiger partial charge in [0.15, 0.2) is 0 Å². The Kier molecular flexibility index (Phi) is 5.65. The Bertz CT molecular complexity index is 784. The number of aliphatic carboxylic acids is 1. The molecule has 1 unspecified atom stereocenters. The van der Waals surface area contributed by atoms with Crippen molar-refractivity contribution in [2.75, 3.05) is 0 Å². The van der Waals surface area contributed by atoms with Gasteiger partial charge in [-0.3, -0.25) is 9.59 Å². The molecule has 1 amide bonds. The second kappa shape index (κ2) is 8.12. The highest BCUT2D eigenvalue weighted by Crippen LogP contribution is 2.30. The van der Waals surface area contributed by atoms with E-state index in [2.05, 4.69) is 10.4 Å². The van der Waals surface area contributed by atoms with Gasteiger partial charge in [-0.05, 0) is 37.0 Å². The third kappa shape index (κ3) is 4.28. The quantitative estimate of drug-likeness (QED) is 0.777. The van der Waals surface area contributed by atoms with Gasteiger partial charge in [-0.1, -0.05) is 25.3 Å². The summed E-state index contributed by atoms with van der Waals surface area (Å²) in [5.74, 6) is -2.98. The fourth-order valence-electron chi connectivity index (χ4n) is 3.51. The molecule has 1 saturated carbocycles. The minimum Gasteiger partial charge on any atom is -0.481 e. The molecule has 1 aromatic heterocycles. The number of hydrogen-bond acceptors (Lipinski definition) is 3. The van der Waals surface area contributed by atoms with E-state index in [0.717, 1.165) is 37.7 Å². The zero-order chi connectivity index (χ0) is 18.5. The molecule has 6 nitrogen and oxygen atoms in total. The van der Waals surface area contributed by atoms with Crippen LogP contribution in [0, 0.1) is 17.7 Å². The van der Waals surface area contributed by atoms with Gasteiger partial charge < -0.3 is 10.4 Å². The maximum absolute atomic E-state index is 13.3. The summed E-state index contributed by atoms with van der Waals surface area (Å²) in [4.78, 5) is 24.0. The molecule has 1 aromatic carbocycles. The van der Waals surface area contributed by atoms with Crippen LogP contribution in [0.25, 0.3) is 5.69 Å². The third-order valence-corrected chi connectivity index (χ3v) is 4.85. The topological polar surface area (TPSA) is 84.2 Å². The Morgan fingerprint density at radius 2 is 2.08 bits per heavy atom. The first-order chi connectivity index (χ1) is 12.5. The normalized spacial score (nSPS) is 16.2. The number of carboxylic acids is 1. The van der Waals surface area contributed by atoms with Crippen molar-refractivity contribution in [1.82, 2.24) is 15.1 Å². The van der Waals surface area contributed by atoms with Crippen LogP contribution in [0.4, 0.5) is 4.39 Å². The molecule has 1 fully saturated rings. The molecule has 2 aromatic rings. The summed E-state index contributed by atoms with van der Waals surface area (Å²) in [6, 6.07) is 6.03. The van der Waals surface area contributed by atoms with Crippen LogP contribution >= 0.6 is 0 Å². The van der Waals surface area contributed by atoms with E-state index < -0.39 is 17.8 Å². The molecule has 1 atom stereocenters. The van der Waals surface area contributed by atoms with Gasteiger partial charge in [0.05, 0.1) is 11.9 Å². The van der Waals surface area contributed by atoms with Gasteiger partial charge in [0.25, 0.3) is 0 Å². The zero-order valence-corrected chi connectivity index (χ0v) is 14.4. The standard InChI is InChI=1S/C19H22FN3O3/c20-15-7-4-8-16(9-15)23-12-13(11-22-23)10-21-18(24)17(19(25)26)14-5-2-1-3-6-14/h4,7-9,11-12,14,17H,1-3,5-6,10H2,(H,21,24)(H,25,26). The minimum absolute atomic E-state index is 0.101. The van der Waals surface area contributed by atoms with E-state index in [1.54, 1.807) is 24.5 Å². The number of nitrogens with zero attached hydrogens (tertiary/aromatic N) is 2. The van der Waals surface area contributed by atoms with Crippen LogP contribution in [0.5, 0.6) is 0 Å². The highest BCUT2D eigenvalue weighted by atomic mass is 19.1. The SMILES string of the molecule is O=C(O)C(C(=O)NCc1cnn(-c2cccc(F)c2)c1)C1CCCCC1. The molecule has 3 rings (SSSR count). The number of carboxylic acid groups (broad SMARTS) is 1.